The van der Waals surface area contributed by atoms with Crippen molar-refractivity contribution in [2.24, 2.45) is 17.6 Å². The molecular formula is C46H71NO17. The van der Waals surface area contributed by atoms with Crippen LogP contribution in [0, 0.1) is 11.8 Å². The van der Waals surface area contributed by atoms with Crippen molar-refractivity contribution >= 4 is 11.9 Å². The Labute approximate surface area is 374 Å². The van der Waals surface area contributed by atoms with Crippen LogP contribution >= 0.6 is 0 Å². The number of hydrogen-bond donors (Lipinski definition) is 12. The predicted molar refractivity (Wildman–Crippen MR) is 232 cm³/mol. The molecule has 18 atom stereocenters. The average Bonchev–Trinajstić information content (AvgIpc) is 3.19. The van der Waals surface area contributed by atoms with E-state index < -0.39 is 141 Å². The molecule has 0 saturated carbocycles. The number of allylic oxidation sites excluding steroid dienone is 12. The molecule has 0 aromatic rings. The normalized spacial score (nSPS) is 44.8. The van der Waals surface area contributed by atoms with Gasteiger partial charge in [0.2, 0.25) is 0 Å². The first-order valence-corrected chi connectivity index (χ1v) is 21.9. The number of hydrogen-bond acceptors (Lipinski definition) is 17. The third-order valence-electron chi connectivity index (χ3n) is 11.4. The molecule has 64 heavy (non-hydrogen) atoms. The van der Waals surface area contributed by atoms with Crippen molar-refractivity contribution in [1.29, 1.82) is 0 Å². The van der Waals surface area contributed by atoms with E-state index in [-0.39, 0.29) is 38.0 Å². The van der Waals surface area contributed by atoms with Crippen molar-refractivity contribution in [3.8, 4) is 0 Å². The van der Waals surface area contributed by atoms with Crippen LogP contribution in [0.4, 0.5) is 0 Å². The number of carbonyl (C=O) groups excluding carboxylic acids is 1. The van der Waals surface area contributed by atoms with E-state index in [1.165, 1.54) is 13.0 Å². The standard InChI is InChI=1S/C46H71NO17/c1-27-16-14-12-10-8-6-4-5-7-9-11-13-15-17-33(63-45-43(57)41(47)42(56)29(3)62-45)24-38-40(44(58)59)37(54)26-46(60,64-38)25-32(50)22-36(53)34(51)19-18-30(48)21-31(49)23-39(55)61-28(2)20-35(27)52/h4-17,27-38,40-43,45,48-54,56-57,60H,18-26,47H2,1-3H3,(H,58,59)/b5-4+,8-6+,9-7+,12-10+,13-11+,16-14+,17-15+/t27-,28-,29?,30+,31+,32-,33?,34+,35-,36+,37-,38-,40+,41?,42?,43?,45?,46+/m0/s1. The summed E-state index contributed by atoms with van der Waals surface area (Å²) in [5, 5.41) is 118. The van der Waals surface area contributed by atoms with E-state index in [4.69, 9.17) is 24.7 Å². The van der Waals surface area contributed by atoms with Gasteiger partial charge in [-0.25, -0.2) is 0 Å². The van der Waals surface area contributed by atoms with E-state index in [1.54, 1.807) is 79.8 Å². The number of nitrogens with two attached hydrogens (primary N) is 1. The van der Waals surface area contributed by atoms with E-state index in [9.17, 15) is 65.8 Å². The second-order valence-electron chi connectivity index (χ2n) is 17.1. The Hall–Kier alpha value is -3.44. The number of rotatable bonds is 3. The van der Waals surface area contributed by atoms with Crippen molar-refractivity contribution < 1.29 is 84.7 Å². The summed E-state index contributed by atoms with van der Waals surface area (Å²) in [6, 6.07) is -1.15. The van der Waals surface area contributed by atoms with Gasteiger partial charge in [-0.05, 0) is 33.1 Å². The molecule has 0 aliphatic carbocycles. The molecule has 2 bridgehead atoms. The topological polar surface area (TPSA) is 320 Å². The molecule has 0 aromatic carbocycles. The largest absolute Gasteiger partial charge is 0.481 e. The first kappa shape index (κ1) is 54.9. The lowest BCUT2D eigenvalue weighted by Crippen LogP contribution is -2.61. The fourth-order valence-corrected chi connectivity index (χ4v) is 7.74. The molecule has 6 unspecified atom stereocenters. The minimum Gasteiger partial charge on any atom is -0.481 e. The molecule has 0 aromatic heterocycles. The van der Waals surface area contributed by atoms with Crippen molar-refractivity contribution in [2.75, 3.05) is 0 Å². The molecule has 3 heterocycles. The minimum absolute atomic E-state index is 0.104. The maximum Gasteiger partial charge on any atom is 0.311 e. The highest BCUT2D eigenvalue weighted by Crippen LogP contribution is 2.38. The summed E-state index contributed by atoms with van der Waals surface area (Å²) in [5.74, 6) is -6.35. The van der Waals surface area contributed by atoms with Gasteiger partial charge in [-0.3, -0.25) is 9.59 Å². The molecule has 2 saturated heterocycles. The van der Waals surface area contributed by atoms with Crippen molar-refractivity contribution in [2.45, 2.75) is 176 Å². The summed E-state index contributed by atoms with van der Waals surface area (Å²) < 4.78 is 23.0. The number of carboxylic acids is 1. The lowest BCUT2D eigenvalue weighted by atomic mass is 9.82. The van der Waals surface area contributed by atoms with Gasteiger partial charge in [-0.15, -0.1) is 0 Å². The third kappa shape index (κ3) is 18.8. The van der Waals surface area contributed by atoms with E-state index in [2.05, 4.69) is 0 Å². The van der Waals surface area contributed by atoms with Crippen molar-refractivity contribution in [3.05, 3.63) is 85.1 Å². The first-order chi connectivity index (χ1) is 30.2. The van der Waals surface area contributed by atoms with Crippen LogP contribution in [0.1, 0.15) is 78.6 Å². The van der Waals surface area contributed by atoms with Gasteiger partial charge in [0.1, 0.15) is 18.1 Å². The summed E-state index contributed by atoms with van der Waals surface area (Å²) in [4.78, 5) is 24.9. The zero-order chi connectivity index (χ0) is 47.6. The van der Waals surface area contributed by atoms with Gasteiger partial charge in [0.25, 0.3) is 0 Å². The molecule has 18 nitrogen and oxygen atoms in total. The SMILES string of the molecule is CC1OC(OC2/C=C/C=C/C=C/C=C/C=C/C=C/C=C/[C@H](C)[C@@H](O)C[C@H](C)OC(=O)C[C@H](O)C[C@H](O)CC[C@@H](O)[C@H](O)C[C@H](O)C[C@]3(O)C[C@H](O)[C@@H](C(=O)O)[C@H](C2)O3)C(O)C(N)C1O. The molecule has 3 rings (SSSR count). The van der Waals surface area contributed by atoms with Gasteiger partial charge in [-0.1, -0.05) is 92.0 Å². The molecule has 2 fully saturated rings. The molecule has 13 N–H and O–H groups in total. The number of aliphatic carboxylic acids is 1. The Bertz CT molecular complexity index is 1630. The molecule has 0 amide bonds. The van der Waals surface area contributed by atoms with Gasteiger partial charge in [0.05, 0.1) is 79.6 Å². The minimum atomic E-state index is -2.32. The summed E-state index contributed by atoms with van der Waals surface area (Å²) in [6.07, 6.45) is 3.69. The Balaban J connectivity index is 1.85. The molecule has 3 aliphatic heterocycles. The molecule has 3 aliphatic rings. The number of carboxylic acid groups (broad SMARTS) is 1. The van der Waals surface area contributed by atoms with E-state index >= 15 is 0 Å². The molecular weight excluding hydrogens is 838 g/mol. The van der Waals surface area contributed by atoms with Crippen LogP contribution in [0.5, 0.6) is 0 Å². The number of ether oxygens (including phenoxy) is 4. The van der Waals surface area contributed by atoms with Gasteiger partial charge in [-0.2, -0.15) is 0 Å². The smallest absolute Gasteiger partial charge is 0.311 e. The third-order valence-corrected chi connectivity index (χ3v) is 11.4. The second-order valence-corrected chi connectivity index (χ2v) is 17.1. The van der Waals surface area contributed by atoms with Gasteiger partial charge >= 0.3 is 11.9 Å². The van der Waals surface area contributed by atoms with Gasteiger partial charge < -0.3 is 80.9 Å². The monoisotopic (exact) mass is 909 g/mol. The number of carbonyl (C=O) groups is 2. The highest BCUT2D eigenvalue weighted by molar-refractivity contribution is 5.71. The number of esters is 1. The molecule has 0 spiro atoms. The van der Waals surface area contributed by atoms with Crippen LogP contribution in [0.2, 0.25) is 0 Å². The maximum atomic E-state index is 12.5. The van der Waals surface area contributed by atoms with Crippen LogP contribution in [-0.4, -0.2) is 166 Å². The Kier molecular flexibility index (Phi) is 23.4. The van der Waals surface area contributed by atoms with Crippen LogP contribution < -0.4 is 5.73 Å². The lowest BCUT2D eigenvalue weighted by molar-refractivity contribution is -0.308. The number of aliphatic hydroxyl groups excluding tert-OH is 9. The molecule has 18 heteroatoms. The highest BCUT2D eigenvalue weighted by atomic mass is 16.7. The highest BCUT2D eigenvalue weighted by Gasteiger charge is 2.51. The molecule has 362 valence electrons. The maximum absolute atomic E-state index is 12.5. The molecule has 0 radical (unpaired) electrons. The summed E-state index contributed by atoms with van der Waals surface area (Å²) in [7, 11) is 0. The fourth-order valence-electron chi connectivity index (χ4n) is 7.74. The van der Waals surface area contributed by atoms with Crippen LogP contribution in [-0.2, 0) is 28.5 Å². The quantitative estimate of drug-likeness (QED) is 0.171. The lowest BCUT2D eigenvalue weighted by Gasteiger charge is -2.45. The van der Waals surface area contributed by atoms with Crippen molar-refractivity contribution in [1.82, 2.24) is 0 Å². The number of fused-ring (bicyclic) bond motifs is 2. The van der Waals surface area contributed by atoms with E-state index in [1.807, 2.05) is 13.0 Å². The average molecular weight is 910 g/mol. The summed E-state index contributed by atoms with van der Waals surface area (Å²) >= 11 is 0. The van der Waals surface area contributed by atoms with Gasteiger partial charge in [0.15, 0.2) is 12.1 Å². The predicted octanol–water partition coefficient (Wildman–Crippen LogP) is 0.466. The zero-order valence-electron chi connectivity index (χ0n) is 36.7. The van der Waals surface area contributed by atoms with E-state index in [0.29, 0.717) is 0 Å². The second kappa shape index (κ2) is 27.3. The first-order valence-electron chi connectivity index (χ1n) is 21.9. The Morgan fingerprint density at radius 1 is 0.672 bits per heavy atom. The van der Waals surface area contributed by atoms with Crippen LogP contribution in [0.25, 0.3) is 0 Å². The van der Waals surface area contributed by atoms with E-state index in [0.717, 1.165) is 0 Å². The Morgan fingerprint density at radius 3 is 1.84 bits per heavy atom. The van der Waals surface area contributed by atoms with Crippen LogP contribution in [0.15, 0.2) is 85.1 Å². The number of aliphatic hydroxyl groups is 10. The fraction of sp³-hybridized carbons (Fsp3) is 0.652. The summed E-state index contributed by atoms with van der Waals surface area (Å²) in [5.41, 5.74) is 6.01. The zero-order valence-corrected chi connectivity index (χ0v) is 36.7. The Morgan fingerprint density at radius 2 is 1.25 bits per heavy atom. The summed E-state index contributed by atoms with van der Waals surface area (Å²) in [6.45, 7) is 4.97. The van der Waals surface area contributed by atoms with Crippen molar-refractivity contribution in [3.63, 3.8) is 0 Å². The number of cyclic esters (lactones) is 1. The van der Waals surface area contributed by atoms with Crippen LogP contribution in [0.3, 0.4) is 0 Å². The van der Waals surface area contributed by atoms with Gasteiger partial charge in [0, 0.05) is 38.0 Å².